The van der Waals surface area contributed by atoms with Crippen molar-refractivity contribution in [1.29, 1.82) is 0 Å². The second kappa shape index (κ2) is 6.39. The Balaban J connectivity index is 2.65. The molecule has 1 aromatic heterocycles. The largest absolute Gasteiger partial charge is 0.358 e. The molecule has 1 aromatic rings. The van der Waals surface area contributed by atoms with E-state index in [-0.39, 0.29) is 11.9 Å². The molecule has 0 fully saturated rings. The Morgan fingerprint density at radius 2 is 2.12 bits per heavy atom. The summed E-state index contributed by atoms with van der Waals surface area (Å²) in [4.78, 5) is 21.5. The molecule has 0 radical (unpaired) electrons. The number of halogens is 1. The molecule has 17 heavy (non-hydrogen) atoms. The molecule has 0 saturated carbocycles. The van der Waals surface area contributed by atoms with Gasteiger partial charge in [-0.1, -0.05) is 11.6 Å². The summed E-state index contributed by atoms with van der Waals surface area (Å²) in [7, 11) is 0. The minimum absolute atomic E-state index is 0.0461. The summed E-state index contributed by atoms with van der Waals surface area (Å²) in [6.07, 6.45) is 1.36. The molecule has 0 spiro atoms. The Morgan fingerprint density at radius 1 is 1.47 bits per heavy atom. The number of hydrogen-bond donors (Lipinski definition) is 1. The number of hydrogen-bond acceptors (Lipinski definition) is 4. The van der Waals surface area contributed by atoms with Crippen molar-refractivity contribution in [2.75, 3.05) is 18.4 Å². The van der Waals surface area contributed by atoms with Gasteiger partial charge in [0, 0.05) is 19.2 Å². The van der Waals surface area contributed by atoms with Gasteiger partial charge in [0.25, 0.3) is 0 Å². The van der Waals surface area contributed by atoms with Gasteiger partial charge in [0.2, 0.25) is 5.91 Å². The van der Waals surface area contributed by atoms with E-state index >= 15 is 0 Å². The highest BCUT2D eigenvalue weighted by Gasteiger charge is 2.18. The highest BCUT2D eigenvalue weighted by molar-refractivity contribution is 6.29. The summed E-state index contributed by atoms with van der Waals surface area (Å²) in [6, 6.07) is 1.26. The zero-order valence-electron chi connectivity index (χ0n) is 10.3. The molecule has 5 nitrogen and oxygen atoms in total. The van der Waals surface area contributed by atoms with Crippen LogP contribution in [0, 0.1) is 0 Å². The number of rotatable bonds is 5. The molecule has 0 aromatic carbocycles. The van der Waals surface area contributed by atoms with Crippen LogP contribution in [0.2, 0.25) is 5.15 Å². The van der Waals surface area contributed by atoms with Crippen LogP contribution in [0.15, 0.2) is 12.4 Å². The SMILES string of the molecule is CCN(CC)C(=O)C(C)Nc1cc(Cl)ncn1. The van der Waals surface area contributed by atoms with Crippen molar-refractivity contribution in [2.24, 2.45) is 0 Å². The number of aromatic nitrogens is 2. The van der Waals surface area contributed by atoms with Crippen LogP contribution < -0.4 is 5.32 Å². The summed E-state index contributed by atoms with van der Waals surface area (Å²) in [6.45, 7) is 7.11. The Hall–Kier alpha value is -1.36. The third kappa shape index (κ3) is 3.85. The average Bonchev–Trinajstić information content (AvgIpc) is 2.30. The van der Waals surface area contributed by atoms with Crippen molar-refractivity contribution in [3.63, 3.8) is 0 Å². The summed E-state index contributed by atoms with van der Waals surface area (Å²) < 4.78 is 0. The van der Waals surface area contributed by atoms with Crippen molar-refractivity contribution >= 4 is 23.3 Å². The predicted molar refractivity (Wildman–Crippen MR) is 68.1 cm³/mol. The fourth-order valence-electron chi connectivity index (χ4n) is 1.51. The van der Waals surface area contributed by atoms with E-state index in [2.05, 4.69) is 15.3 Å². The maximum atomic E-state index is 12.0. The van der Waals surface area contributed by atoms with E-state index in [1.54, 1.807) is 17.9 Å². The molecule has 1 rings (SSSR count). The van der Waals surface area contributed by atoms with Crippen LogP contribution in [0.3, 0.4) is 0 Å². The van der Waals surface area contributed by atoms with E-state index in [0.717, 1.165) is 0 Å². The van der Waals surface area contributed by atoms with E-state index in [4.69, 9.17) is 11.6 Å². The maximum Gasteiger partial charge on any atom is 0.244 e. The minimum Gasteiger partial charge on any atom is -0.358 e. The lowest BCUT2D eigenvalue weighted by molar-refractivity contribution is -0.131. The van der Waals surface area contributed by atoms with E-state index in [0.29, 0.717) is 24.1 Å². The molecule has 6 heteroatoms. The van der Waals surface area contributed by atoms with Gasteiger partial charge in [0.05, 0.1) is 0 Å². The second-order valence-corrected chi connectivity index (χ2v) is 3.99. The summed E-state index contributed by atoms with van der Waals surface area (Å²) in [5.74, 6) is 0.600. The number of nitrogens with zero attached hydrogens (tertiary/aromatic N) is 3. The Kier molecular flexibility index (Phi) is 5.15. The first kappa shape index (κ1) is 13.7. The van der Waals surface area contributed by atoms with Gasteiger partial charge < -0.3 is 10.2 Å². The Bertz CT molecular complexity index is 381. The molecule has 1 N–H and O–H groups in total. The highest BCUT2D eigenvalue weighted by atomic mass is 35.5. The summed E-state index contributed by atoms with van der Waals surface area (Å²) in [5.41, 5.74) is 0. The lowest BCUT2D eigenvalue weighted by Gasteiger charge is -2.23. The van der Waals surface area contributed by atoms with Crippen LogP contribution >= 0.6 is 11.6 Å². The second-order valence-electron chi connectivity index (χ2n) is 3.60. The normalized spacial score (nSPS) is 12.0. The highest BCUT2D eigenvalue weighted by Crippen LogP contribution is 2.10. The van der Waals surface area contributed by atoms with Gasteiger partial charge in [0.15, 0.2) is 0 Å². The van der Waals surface area contributed by atoms with E-state index < -0.39 is 0 Å². The Labute approximate surface area is 106 Å². The zero-order chi connectivity index (χ0) is 12.8. The zero-order valence-corrected chi connectivity index (χ0v) is 11.0. The van der Waals surface area contributed by atoms with Crippen LogP contribution in [-0.2, 0) is 4.79 Å². The monoisotopic (exact) mass is 256 g/mol. The molecular formula is C11H17ClN4O. The van der Waals surface area contributed by atoms with Crippen LogP contribution in [0.1, 0.15) is 20.8 Å². The molecular weight excluding hydrogens is 240 g/mol. The lowest BCUT2D eigenvalue weighted by Crippen LogP contribution is -2.41. The van der Waals surface area contributed by atoms with Crippen LogP contribution in [-0.4, -0.2) is 39.9 Å². The number of carbonyl (C=O) groups is 1. The van der Waals surface area contributed by atoms with Gasteiger partial charge >= 0.3 is 0 Å². The number of anilines is 1. The van der Waals surface area contributed by atoms with E-state index in [1.165, 1.54) is 6.33 Å². The molecule has 0 saturated heterocycles. The molecule has 1 heterocycles. The van der Waals surface area contributed by atoms with Crippen molar-refractivity contribution in [3.8, 4) is 0 Å². The van der Waals surface area contributed by atoms with Crippen molar-refractivity contribution in [1.82, 2.24) is 14.9 Å². The summed E-state index contributed by atoms with van der Waals surface area (Å²) >= 11 is 5.74. The molecule has 0 aliphatic carbocycles. The van der Waals surface area contributed by atoms with Gasteiger partial charge in [-0.3, -0.25) is 4.79 Å². The number of amides is 1. The first-order valence-electron chi connectivity index (χ1n) is 5.61. The molecule has 0 aliphatic heterocycles. The smallest absolute Gasteiger partial charge is 0.244 e. The van der Waals surface area contributed by atoms with Crippen molar-refractivity contribution < 1.29 is 4.79 Å². The quantitative estimate of drug-likeness (QED) is 0.817. The third-order valence-electron chi connectivity index (χ3n) is 2.44. The van der Waals surface area contributed by atoms with Gasteiger partial charge in [-0.15, -0.1) is 0 Å². The standard InChI is InChI=1S/C11H17ClN4O/c1-4-16(5-2)11(17)8(3)15-10-6-9(12)13-7-14-10/h6-8H,4-5H2,1-3H3,(H,13,14,15). The Morgan fingerprint density at radius 3 is 2.65 bits per heavy atom. The molecule has 0 aliphatic rings. The molecule has 0 bridgehead atoms. The molecule has 1 amide bonds. The minimum atomic E-state index is -0.333. The van der Waals surface area contributed by atoms with Gasteiger partial charge in [-0.05, 0) is 20.8 Å². The fraction of sp³-hybridized carbons (Fsp3) is 0.545. The summed E-state index contributed by atoms with van der Waals surface area (Å²) in [5, 5.41) is 3.36. The lowest BCUT2D eigenvalue weighted by atomic mass is 10.3. The maximum absolute atomic E-state index is 12.0. The van der Waals surface area contributed by atoms with Crippen LogP contribution in [0.5, 0.6) is 0 Å². The third-order valence-corrected chi connectivity index (χ3v) is 2.65. The van der Waals surface area contributed by atoms with Crippen molar-refractivity contribution in [3.05, 3.63) is 17.5 Å². The average molecular weight is 257 g/mol. The fourth-order valence-corrected chi connectivity index (χ4v) is 1.65. The number of likely N-dealkylation sites (N-methyl/N-ethyl adjacent to an activating group) is 1. The number of carbonyl (C=O) groups excluding carboxylic acids is 1. The van der Waals surface area contributed by atoms with Crippen LogP contribution in [0.25, 0.3) is 0 Å². The van der Waals surface area contributed by atoms with E-state index in [9.17, 15) is 4.79 Å². The predicted octanol–water partition coefficient (Wildman–Crippen LogP) is 1.80. The number of nitrogens with one attached hydrogen (secondary N) is 1. The van der Waals surface area contributed by atoms with Crippen molar-refractivity contribution in [2.45, 2.75) is 26.8 Å². The molecule has 94 valence electrons. The van der Waals surface area contributed by atoms with Gasteiger partial charge in [-0.2, -0.15) is 0 Å². The van der Waals surface area contributed by atoms with Gasteiger partial charge in [0.1, 0.15) is 23.3 Å². The molecule has 1 unspecified atom stereocenters. The van der Waals surface area contributed by atoms with E-state index in [1.807, 2.05) is 13.8 Å². The molecule has 1 atom stereocenters. The topological polar surface area (TPSA) is 58.1 Å². The first-order valence-corrected chi connectivity index (χ1v) is 5.99. The van der Waals surface area contributed by atoms with Crippen LogP contribution in [0.4, 0.5) is 5.82 Å². The first-order chi connectivity index (χ1) is 8.08. The van der Waals surface area contributed by atoms with Gasteiger partial charge in [-0.25, -0.2) is 9.97 Å².